The summed E-state index contributed by atoms with van der Waals surface area (Å²) in [6.45, 7) is -1.46. The average molecular weight is 350 g/mol. The van der Waals surface area contributed by atoms with Crippen molar-refractivity contribution >= 4 is 15.6 Å². The van der Waals surface area contributed by atoms with Crippen molar-refractivity contribution in [2.75, 3.05) is 40.1 Å². The largest absolute Gasteiger partial charge is 0.476 e. The Kier molecular flexibility index (Phi) is 10.9. The van der Waals surface area contributed by atoms with Crippen molar-refractivity contribution < 1.29 is 36.3 Å². The van der Waals surface area contributed by atoms with E-state index in [-0.39, 0.29) is 33.0 Å². The zero-order valence-corrected chi connectivity index (χ0v) is 13.7. The molecule has 0 aliphatic heterocycles. The SMILES string of the molecule is C#CCOP(=O)(OC)OCCOP(=O)(OCC#C)OCC#C. The third-order valence-electron chi connectivity index (χ3n) is 1.72. The molecule has 0 N–H and O–H groups in total. The molecule has 8 nitrogen and oxygen atoms in total. The molecule has 0 spiro atoms. The molecule has 0 heterocycles. The van der Waals surface area contributed by atoms with E-state index in [4.69, 9.17) is 41.9 Å². The molecule has 0 aliphatic carbocycles. The van der Waals surface area contributed by atoms with Crippen LogP contribution in [0, 0.1) is 37.0 Å². The highest BCUT2D eigenvalue weighted by Crippen LogP contribution is 2.50. The lowest BCUT2D eigenvalue weighted by Gasteiger charge is -2.17. The Balaban J connectivity index is 4.36. The lowest BCUT2D eigenvalue weighted by Crippen LogP contribution is -2.08. The highest BCUT2D eigenvalue weighted by atomic mass is 31.2. The number of terminal acetylenes is 3. The molecule has 0 aromatic rings. The van der Waals surface area contributed by atoms with Crippen molar-refractivity contribution in [3.8, 4) is 37.0 Å². The van der Waals surface area contributed by atoms with Crippen LogP contribution < -0.4 is 0 Å². The molecule has 0 aliphatic rings. The van der Waals surface area contributed by atoms with Gasteiger partial charge in [0.2, 0.25) is 0 Å². The van der Waals surface area contributed by atoms with Gasteiger partial charge >= 0.3 is 15.6 Å². The zero-order valence-electron chi connectivity index (χ0n) is 11.9. The molecule has 0 radical (unpaired) electrons. The molecule has 0 amide bonds. The molecule has 0 saturated heterocycles. The van der Waals surface area contributed by atoms with Gasteiger partial charge in [0.25, 0.3) is 0 Å². The van der Waals surface area contributed by atoms with Gasteiger partial charge in [-0.3, -0.25) is 27.1 Å². The molecule has 22 heavy (non-hydrogen) atoms. The van der Waals surface area contributed by atoms with Gasteiger partial charge < -0.3 is 0 Å². The predicted molar refractivity (Wildman–Crippen MR) is 78.5 cm³/mol. The van der Waals surface area contributed by atoms with Gasteiger partial charge in [-0.1, -0.05) is 17.8 Å². The quantitative estimate of drug-likeness (QED) is 0.299. The molecule has 0 aromatic heterocycles. The van der Waals surface area contributed by atoms with Crippen LogP contribution in [0.4, 0.5) is 0 Å². The standard InChI is InChI=1S/C12H16O8P2/c1-5-8-16-21(13,15-4)19-11-12-20-22(14,17-9-6-2)18-10-7-3/h1-3H,8-12H2,4H3. The highest BCUT2D eigenvalue weighted by molar-refractivity contribution is 7.48. The molecular weight excluding hydrogens is 334 g/mol. The van der Waals surface area contributed by atoms with Crippen molar-refractivity contribution in [3.63, 3.8) is 0 Å². The number of rotatable bonds is 12. The molecule has 0 saturated carbocycles. The van der Waals surface area contributed by atoms with Crippen LogP contribution in [0.25, 0.3) is 0 Å². The van der Waals surface area contributed by atoms with Crippen molar-refractivity contribution in [3.05, 3.63) is 0 Å². The third-order valence-corrected chi connectivity index (χ3v) is 4.50. The van der Waals surface area contributed by atoms with Crippen molar-refractivity contribution in [2.24, 2.45) is 0 Å². The molecule has 0 fully saturated rings. The first-order valence-electron chi connectivity index (χ1n) is 5.74. The minimum Gasteiger partial charge on any atom is -0.290 e. The number of phosphoric acid groups is 2. The fourth-order valence-corrected chi connectivity index (χ4v) is 2.70. The van der Waals surface area contributed by atoms with Crippen molar-refractivity contribution in [1.29, 1.82) is 0 Å². The van der Waals surface area contributed by atoms with E-state index in [1.165, 1.54) is 0 Å². The van der Waals surface area contributed by atoms with Gasteiger partial charge in [-0.05, 0) is 0 Å². The van der Waals surface area contributed by atoms with E-state index in [9.17, 15) is 9.13 Å². The van der Waals surface area contributed by atoms with Crippen LogP contribution in [-0.4, -0.2) is 40.1 Å². The van der Waals surface area contributed by atoms with Gasteiger partial charge in [-0.25, -0.2) is 9.13 Å². The Morgan fingerprint density at radius 2 is 1.09 bits per heavy atom. The number of hydrogen-bond acceptors (Lipinski definition) is 8. The summed E-state index contributed by atoms with van der Waals surface area (Å²) in [5.74, 6) is 6.32. The number of phosphoric ester groups is 2. The smallest absolute Gasteiger partial charge is 0.290 e. The summed E-state index contributed by atoms with van der Waals surface area (Å²) in [5, 5.41) is 0. The molecule has 1 atom stereocenters. The lowest BCUT2D eigenvalue weighted by atomic mass is 10.8. The summed E-state index contributed by atoms with van der Waals surface area (Å²) in [7, 11) is -6.61. The Hall–Kier alpha value is -1.10. The van der Waals surface area contributed by atoms with E-state index < -0.39 is 15.6 Å². The van der Waals surface area contributed by atoms with Crippen LogP contribution in [0.5, 0.6) is 0 Å². The van der Waals surface area contributed by atoms with Gasteiger partial charge in [0.15, 0.2) is 0 Å². The van der Waals surface area contributed by atoms with E-state index >= 15 is 0 Å². The van der Waals surface area contributed by atoms with Crippen LogP contribution in [0.3, 0.4) is 0 Å². The molecule has 0 bridgehead atoms. The molecule has 10 heteroatoms. The Morgan fingerprint density at radius 1 is 0.727 bits per heavy atom. The Bertz CT molecular complexity index is 517. The fraction of sp³-hybridized carbons (Fsp3) is 0.500. The second kappa shape index (κ2) is 11.5. The first-order valence-corrected chi connectivity index (χ1v) is 8.66. The summed E-state index contributed by atoms with van der Waals surface area (Å²) in [5.41, 5.74) is 0. The summed E-state index contributed by atoms with van der Waals surface area (Å²) >= 11 is 0. The minimum atomic E-state index is -3.93. The van der Waals surface area contributed by atoms with Crippen molar-refractivity contribution in [2.45, 2.75) is 0 Å². The first kappa shape index (κ1) is 20.9. The second-order valence-electron chi connectivity index (χ2n) is 3.18. The van der Waals surface area contributed by atoms with Gasteiger partial charge in [0.1, 0.15) is 19.8 Å². The molecule has 122 valence electrons. The normalized spacial score (nSPS) is 13.5. The predicted octanol–water partition coefficient (Wildman–Crippen LogP) is 1.83. The maximum Gasteiger partial charge on any atom is 0.476 e. The summed E-state index contributed by atoms with van der Waals surface area (Å²) in [4.78, 5) is 0. The monoisotopic (exact) mass is 350 g/mol. The Labute approximate surface area is 130 Å². The van der Waals surface area contributed by atoms with Crippen LogP contribution in [0.15, 0.2) is 0 Å². The lowest BCUT2D eigenvalue weighted by molar-refractivity contribution is 0.0930. The fourth-order valence-electron chi connectivity index (χ4n) is 0.902. The van der Waals surface area contributed by atoms with Crippen LogP contribution in [0.2, 0.25) is 0 Å². The van der Waals surface area contributed by atoms with Gasteiger partial charge in [-0.2, -0.15) is 0 Å². The average Bonchev–Trinajstić information content (AvgIpc) is 2.53. The van der Waals surface area contributed by atoms with Crippen LogP contribution in [-0.2, 0) is 36.3 Å². The summed E-state index contributed by atoms with van der Waals surface area (Å²) < 4.78 is 52.4. The van der Waals surface area contributed by atoms with E-state index in [0.717, 1.165) is 7.11 Å². The van der Waals surface area contributed by atoms with Crippen molar-refractivity contribution in [1.82, 2.24) is 0 Å². The maximum absolute atomic E-state index is 12.0. The second-order valence-corrected chi connectivity index (χ2v) is 6.62. The van der Waals surface area contributed by atoms with Gasteiger partial charge in [-0.15, -0.1) is 19.3 Å². The van der Waals surface area contributed by atoms with E-state index in [1.807, 2.05) is 0 Å². The Morgan fingerprint density at radius 3 is 1.45 bits per heavy atom. The minimum absolute atomic E-state index is 0.263. The molecular formula is C12H16O8P2. The van der Waals surface area contributed by atoms with E-state index in [0.29, 0.717) is 0 Å². The topological polar surface area (TPSA) is 89.5 Å². The molecule has 0 rings (SSSR count). The van der Waals surface area contributed by atoms with Crippen LogP contribution >= 0.6 is 15.6 Å². The zero-order chi connectivity index (χ0) is 16.9. The van der Waals surface area contributed by atoms with Gasteiger partial charge in [0.05, 0.1) is 13.2 Å². The van der Waals surface area contributed by atoms with E-state index in [1.54, 1.807) is 0 Å². The highest BCUT2D eigenvalue weighted by Gasteiger charge is 2.28. The van der Waals surface area contributed by atoms with Gasteiger partial charge in [0, 0.05) is 7.11 Å². The molecule has 0 aromatic carbocycles. The third kappa shape index (κ3) is 9.03. The van der Waals surface area contributed by atoms with Crippen LogP contribution in [0.1, 0.15) is 0 Å². The van der Waals surface area contributed by atoms with E-state index in [2.05, 4.69) is 22.3 Å². The summed E-state index contributed by atoms with van der Waals surface area (Å²) in [6, 6.07) is 0. The maximum atomic E-state index is 12.0. The number of hydrogen-bond donors (Lipinski definition) is 0. The molecule has 1 unspecified atom stereocenters. The first-order chi connectivity index (χ1) is 10.4. The summed E-state index contributed by atoms with van der Waals surface area (Å²) in [6.07, 6.45) is 14.9.